The summed E-state index contributed by atoms with van der Waals surface area (Å²) in [6.45, 7) is 0. The summed E-state index contributed by atoms with van der Waals surface area (Å²) >= 11 is 3.42. The molecular weight excluding hydrogens is 288 g/mol. The molecule has 3 rings (SSSR count). The zero-order chi connectivity index (χ0) is 13.9. The van der Waals surface area contributed by atoms with E-state index in [9.17, 15) is 0 Å². The fraction of sp³-hybridized carbons (Fsp3) is 0.133. The molecule has 2 aromatic carbocycles. The first kappa shape index (κ1) is 13.3. The van der Waals surface area contributed by atoms with Gasteiger partial charge in [-0.25, -0.2) is 4.98 Å². The lowest BCUT2D eigenvalue weighted by molar-refractivity contribution is 0.414. The summed E-state index contributed by atoms with van der Waals surface area (Å²) in [4.78, 5) is 4.61. The Bertz CT molecular complexity index is 740. The van der Waals surface area contributed by atoms with Crippen molar-refractivity contribution in [2.45, 2.75) is 10.1 Å². The van der Waals surface area contributed by atoms with Crippen molar-refractivity contribution >= 4 is 39.0 Å². The lowest BCUT2D eigenvalue weighted by Crippen LogP contribution is -1.85. The zero-order valence-corrected chi connectivity index (χ0v) is 12.6. The molecule has 2 N–H and O–H groups in total. The van der Waals surface area contributed by atoms with Crippen LogP contribution in [0.3, 0.4) is 0 Å². The normalized spacial score (nSPS) is 10.8. The molecule has 0 aliphatic carbocycles. The van der Waals surface area contributed by atoms with Gasteiger partial charge in [0.25, 0.3) is 0 Å². The van der Waals surface area contributed by atoms with Crippen molar-refractivity contribution in [3.8, 4) is 5.75 Å². The third kappa shape index (κ3) is 2.89. The number of fused-ring (bicyclic) bond motifs is 1. The number of nitrogen functional groups attached to an aromatic ring is 1. The Labute approximate surface area is 125 Å². The third-order valence-electron chi connectivity index (χ3n) is 2.89. The number of thioether (sulfide) groups is 1. The number of aromatic nitrogens is 1. The average Bonchev–Trinajstić information content (AvgIpc) is 2.87. The molecule has 0 atom stereocenters. The molecule has 0 fully saturated rings. The van der Waals surface area contributed by atoms with Crippen LogP contribution in [0.25, 0.3) is 10.2 Å². The summed E-state index contributed by atoms with van der Waals surface area (Å²) in [5, 5.41) is 0. The van der Waals surface area contributed by atoms with Crippen molar-refractivity contribution in [2.75, 3.05) is 12.8 Å². The number of hydrogen-bond acceptors (Lipinski definition) is 5. The van der Waals surface area contributed by atoms with Crippen LogP contribution < -0.4 is 10.5 Å². The van der Waals surface area contributed by atoms with Crippen molar-refractivity contribution in [1.29, 1.82) is 0 Å². The lowest BCUT2D eigenvalue weighted by atomic mass is 10.2. The quantitative estimate of drug-likeness (QED) is 0.580. The van der Waals surface area contributed by atoms with Crippen LogP contribution in [-0.4, -0.2) is 12.1 Å². The molecule has 0 aliphatic rings. The number of rotatable bonds is 4. The number of anilines is 1. The lowest BCUT2D eigenvalue weighted by Gasteiger charge is -2.02. The Morgan fingerprint density at radius 1 is 1.25 bits per heavy atom. The maximum Gasteiger partial charge on any atom is 0.151 e. The average molecular weight is 302 g/mol. The van der Waals surface area contributed by atoms with Crippen LogP contribution in [-0.2, 0) is 5.75 Å². The minimum absolute atomic E-state index is 0.783. The van der Waals surface area contributed by atoms with Gasteiger partial charge in [0, 0.05) is 11.4 Å². The molecular formula is C15H14N2OS2. The summed E-state index contributed by atoms with van der Waals surface area (Å²) < 4.78 is 7.43. The van der Waals surface area contributed by atoms with Crippen LogP contribution in [0.2, 0.25) is 0 Å². The number of hydrogen-bond donors (Lipinski definition) is 1. The van der Waals surface area contributed by atoms with Crippen LogP contribution in [0.4, 0.5) is 5.69 Å². The third-order valence-corrected chi connectivity index (χ3v) is 5.12. The van der Waals surface area contributed by atoms with Crippen LogP contribution in [0, 0.1) is 0 Å². The molecule has 0 bridgehead atoms. The number of nitrogens with two attached hydrogens (primary N) is 1. The number of benzene rings is 2. The van der Waals surface area contributed by atoms with Gasteiger partial charge in [0.15, 0.2) is 4.34 Å². The smallest absolute Gasteiger partial charge is 0.151 e. The van der Waals surface area contributed by atoms with E-state index in [1.165, 1.54) is 5.56 Å². The molecule has 1 aromatic heterocycles. The molecule has 0 saturated heterocycles. The SMILES string of the molecule is COc1cccc(CSc2nc3ccc(N)cc3s2)c1. The molecule has 20 heavy (non-hydrogen) atoms. The first-order chi connectivity index (χ1) is 9.74. The summed E-state index contributed by atoms with van der Waals surface area (Å²) in [5.41, 5.74) is 8.81. The van der Waals surface area contributed by atoms with Gasteiger partial charge in [0.1, 0.15) is 5.75 Å². The van der Waals surface area contributed by atoms with Gasteiger partial charge in [0.05, 0.1) is 17.3 Å². The topological polar surface area (TPSA) is 48.1 Å². The molecule has 3 nitrogen and oxygen atoms in total. The summed E-state index contributed by atoms with van der Waals surface area (Å²) in [6.07, 6.45) is 0. The first-order valence-electron chi connectivity index (χ1n) is 6.16. The maximum absolute atomic E-state index is 5.79. The minimum atomic E-state index is 0.783. The van der Waals surface area contributed by atoms with E-state index in [2.05, 4.69) is 17.1 Å². The molecule has 0 spiro atoms. The van der Waals surface area contributed by atoms with Crippen LogP contribution >= 0.6 is 23.1 Å². The molecule has 0 radical (unpaired) electrons. The summed E-state index contributed by atoms with van der Waals surface area (Å²) in [5.74, 6) is 1.77. The number of methoxy groups -OCH3 is 1. The highest BCUT2D eigenvalue weighted by atomic mass is 32.2. The highest BCUT2D eigenvalue weighted by molar-refractivity contribution is 8.00. The zero-order valence-electron chi connectivity index (χ0n) is 11.0. The Morgan fingerprint density at radius 2 is 2.15 bits per heavy atom. The summed E-state index contributed by atoms with van der Waals surface area (Å²) in [7, 11) is 1.68. The molecule has 0 unspecified atom stereocenters. The largest absolute Gasteiger partial charge is 0.497 e. The molecule has 5 heteroatoms. The molecule has 0 saturated carbocycles. The van der Waals surface area contributed by atoms with Crippen molar-refractivity contribution in [3.05, 3.63) is 48.0 Å². The van der Waals surface area contributed by atoms with Crippen molar-refractivity contribution in [2.24, 2.45) is 0 Å². The van der Waals surface area contributed by atoms with Gasteiger partial charge in [-0.05, 0) is 35.9 Å². The molecule has 3 aromatic rings. The second kappa shape index (κ2) is 5.73. The van der Waals surface area contributed by atoms with Gasteiger partial charge in [-0.3, -0.25) is 0 Å². The van der Waals surface area contributed by atoms with Crippen LogP contribution in [0.15, 0.2) is 46.8 Å². The van der Waals surface area contributed by atoms with E-state index in [1.54, 1.807) is 30.2 Å². The first-order valence-corrected chi connectivity index (χ1v) is 7.96. The van der Waals surface area contributed by atoms with Crippen molar-refractivity contribution in [3.63, 3.8) is 0 Å². The molecule has 0 amide bonds. The van der Waals surface area contributed by atoms with Crippen molar-refractivity contribution in [1.82, 2.24) is 4.98 Å². The fourth-order valence-corrected chi connectivity index (χ4v) is 3.95. The van der Waals surface area contributed by atoms with Gasteiger partial charge in [0.2, 0.25) is 0 Å². The predicted molar refractivity (Wildman–Crippen MR) is 86.6 cm³/mol. The van der Waals surface area contributed by atoms with Crippen LogP contribution in [0.5, 0.6) is 5.75 Å². The number of ether oxygens (including phenoxy) is 1. The fourth-order valence-electron chi connectivity index (χ4n) is 1.89. The van der Waals surface area contributed by atoms with E-state index < -0.39 is 0 Å². The van der Waals surface area contributed by atoms with Crippen LogP contribution in [0.1, 0.15) is 5.56 Å². The van der Waals surface area contributed by atoms with E-state index in [4.69, 9.17) is 10.5 Å². The highest BCUT2D eigenvalue weighted by Crippen LogP contribution is 2.32. The van der Waals surface area contributed by atoms with Gasteiger partial charge < -0.3 is 10.5 Å². The Kier molecular flexibility index (Phi) is 3.80. The highest BCUT2D eigenvalue weighted by Gasteiger charge is 2.05. The monoisotopic (exact) mass is 302 g/mol. The Hall–Kier alpha value is -1.72. The second-order valence-electron chi connectivity index (χ2n) is 4.35. The Morgan fingerprint density at radius 3 is 3.00 bits per heavy atom. The van der Waals surface area contributed by atoms with Gasteiger partial charge >= 0.3 is 0 Å². The molecule has 0 aliphatic heterocycles. The predicted octanol–water partition coefficient (Wildman–Crippen LogP) is 4.18. The van der Waals surface area contributed by atoms with Gasteiger partial charge in [-0.15, -0.1) is 11.3 Å². The molecule has 1 heterocycles. The van der Waals surface area contributed by atoms with Gasteiger partial charge in [-0.2, -0.15) is 0 Å². The second-order valence-corrected chi connectivity index (χ2v) is 6.60. The minimum Gasteiger partial charge on any atom is -0.497 e. The van der Waals surface area contributed by atoms with E-state index in [0.29, 0.717) is 0 Å². The van der Waals surface area contributed by atoms with E-state index in [-0.39, 0.29) is 0 Å². The Balaban J connectivity index is 1.76. The molecule has 102 valence electrons. The van der Waals surface area contributed by atoms with E-state index in [0.717, 1.165) is 31.7 Å². The number of nitrogens with zero attached hydrogens (tertiary/aromatic N) is 1. The van der Waals surface area contributed by atoms with Crippen molar-refractivity contribution < 1.29 is 4.74 Å². The van der Waals surface area contributed by atoms with Gasteiger partial charge in [-0.1, -0.05) is 23.9 Å². The number of thiazole rings is 1. The van der Waals surface area contributed by atoms with E-state index >= 15 is 0 Å². The summed E-state index contributed by atoms with van der Waals surface area (Å²) in [6, 6.07) is 13.9. The van der Waals surface area contributed by atoms with E-state index in [1.807, 2.05) is 30.3 Å². The standard InChI is InChI=1S/C15H14N2OS2/c1-18-12-4-2-3-10(7-12)9-19-15-17-13-6-5-11(16)8-14(13)20-15/h2-8H,9,16H2,1H3. The maximum atomic E-state index is 5.79.